The first-order chi connectivity index (χ1) is 14.8. The summed E-state index contributed by atoms with van der Waals surface area (Å²) in [5.41, 5.74) is 0.450. The van der Waals surface area contributed by atoms with E-state index in [4.69, 9.17) is 23.2 Å². The molecule has 0 aliphatic heterocycles. The molecule has 1 heterocycles. The normalized spacial score (nSPS) is 11.2. The molecule has 0 radical (unpaired) electrons. The van der Waals surface area contributed by atoms with Crippen LogP contribution in [0, 0.1) is 23.2 Å². The molecule has 0 saturated heterocycles. The molecule has 0 spiro atoms. The number of hydrogen-bond acceptors (Lipinski definition) is 5. The van der Waals surface area contributed by atoms with Crippen molar-refractivity contribution in [1.29, 1.82) is 5.26 Å². The number of nitriles is 1. The number of amides is 1. The van der Waals surface area contributed by atoms with Gasteiger partial charge in [0.1, 0.15) is 5.82 Å². The van der Waals surface area contributed by atoms with E-state index < -0.39 is 17.3 Å². The molecular weight excluding hydrogens is 439 g/mol. The Labute approximate surface area is 187 Å². The molecule has 3 rings (SSSR count). The first-order valence-electron chi connectivity index (χ1n) is 8.96. The number of hydrogen-bond donors (Lipinski definition) is 2. The molecular formula is C22H14Cl2N4O3. The van der Waals surface area contributed by atoms with Gasteiger partial charge in [0.25, 0.3) is 5.56 Å². The fourth-order valence-electron chi connectivity index (χ4n) is 2.77. The van der Waals surface area contributed by atoms with E-state index in [0.717, 1.165) is 0 Å². The van der Waals surface area contributed by atoms with E-state index in [0.29, 0.717) is 16.1 Å². The Kier molecular flexibility index (Phi) is 6.71. The highest BCUT2D eigenvalue weighted by Gasteiger charge is 2.26. The minimum atomic E-state index is -1.35. The molecule has 154 valence electrons. The van der Waals surface area contributed by atoms with Crippen LogP contribution in [-0.4, -0.2) is 28.2 Å². The molecule has 0 saturated carbocycles. The average Bonchev–Trinajstić information content (AvgIpc) is 2.72. The monoisotopic (exact) mass is 452 g/mol. The predicted molar refractivity (Wildman–Crippen MR) is 117 cm³/mol. The van der Waals surface area contributed by atoms with Gasteiger partial charge in [0, 0.05) is 23.1 Å². The second-order valence-corrected chi connectivity index (χ2v) is 7.29. The maximum absolute atomic E-state index is 12.8. The predicted octanol–water partition coefficient (Wildman–Crippen LogP) is 3.21. The number of ketones is 1. The largest absolute Gasteiger partial charge is 0.345 e. The summed E-state index contributed by atoms with van der Waals surface area (Å²) in [6, 6.07) is 11.0. The van der Waals surface area contributed by atoms with Crippen molar-refractivity contribution < 1.29 is 9.59 Å². The Morgan fingerprint density at radius 2 is 2.00 bits per heavy atom. The van der Waals surface area contributed by atoms with Gasteiger partial charge in [0.15, 0.2) is 11.7 Å². The van der Waals surface area contributed by atoms with Crippen molar-refractivity contribution in [2.45, 2.75) is 12.8 Å². The van der Waals surface area contributed by atoms with Crippen molar-refractivity contribution in [3.63, 3.8) is 0 Å². The van der Waals surface area contributed by atoms with Gasteiger partial charge in [-0.05, 0) is 36.4 Å². The Morgan fingerprint density at radius 1 is 1.23 bits per heavy atom. The number of rotatable bonds is 4. The van der Waals surface area contributed by atoms with Gasteiger partial charge < -0.3 is 10.3 Å². The van der Waals surface area contributed by atoms with Crippen LogP contribution in [0.25, 0.3) is 10.9 Å². The Balaban J connectivity index is 1.96. The highest BCUT2D eigenvalue weighted by molar-refractivity contribution is 6.37. The van der Waals surface area contributed by atoms with Crippen molar-refractivity contribution in [3.8, 4) is 17.9 Å². The molecule has 2 aromatic carbocycles. The molecule has 9 heteroatoms. The zero-order chi connectivity index (χ0) is 22.5. The highest BCUT2D eigenvalue weighted by Crippen LogP contribution is 2.26. The number of aromatic amines is 1. The number of fused-ring (bicyclic) bond motifs is 1. The van der Waals surface area contributed by atoms with Crippen LogP contribution in [0.15, 0.2) is 41.2 Å². The number of aromatic nitrogens is 2. The van der Waals surface area contributed by atoms with Gasteiger partial charge in [-0.3, -0.25) is 14.4 Å². The summed E-state index contributed by atoms with van der Waals surface area (Å²) in [6.07, 6.45) is 0. The second kappa shape index (κ2) is 9.44. The SMILES string of the molecule is CC(=O)NCC#Cc1ccc2nc(C(C#N)C(=O)c3ccc(Cl)cc3Cl)[nH]c(=O)c2c1. The molecule has 0 fully saturated rings. The van der Waals surface area contributed by atoms with Crippen molar-refractivity contribution >= 4 is 45.8 Å². The highest BCUT2D eigenvalue weighted by atomic mass is 35.5. The molecule has 0 aliphatic carbocycles. The summed E-state index contributed by atoms with van der Waals surface area (Å²) in [5.74, 6) is 3.38. The van der Waals surface area contributed by atoms with Gasteiger partial charge in [0.05, 0.1) is 28.5 Å². The lowest BCUT2D eigenvalue weighted by atomic mass is 9.97. The third kappa shape index (κ3) is 5.10. The summed E-state index contributed by atoms with van der Waals surface area (Å²) in [6.45, 7) is 1.57. The third-order valence-electron chi connectivity index (χ3n) is 4.24. The average molecular weight is 453 g/mol. The molecule has 1 unspecified atom stereocenters. The van der Waals surface area contributed by atoms with Crippen molar-refractivity contribution in [2.75, 3.05) is 6.54 Å². The van der Waals surface area contributed by atoms with Crippen LogP contribution in [0.3, 0.4) is 0 Å². The van der Waals surface area contributed by atoms with Gasteiger partial charge in [-0.15, -0.1) is 0 Å². The number of Topliss-reactive ketones (excluding diaryl/α,β-unsaturated/α-hetero) is 1. The molecule has 1 amide bonds. The first kappa shape index (κ1) is 22.0. The Hall–Kier alpha value is -3.65. The summed E-state index contributed by atoms with van der Waals surface area (Å²) in [7, 11) is 0. The van der Waals surface area contributed by atoms with Crippen LogP contribution in [0.1, 0.15) is 34.6 Å². The van der Waals surface area contributed by atoms with Crippen molar-refractivity contribution in [3.05, 3.63) is 73.7 Å². The van der Waals surface area contributed by atoms with E-state index in [-0.39, 0.29) is 34.2 Å². The number of H-pyrrole nitrogens is 1. The summed E-state index contributed by atoms with van der Waals surface area (Å²) >= 11 is 11.9. The lowest BCUT2D eigenvalue weighted by Crippen LogP contribution is -2.20. The number of nitrogens with one attached hydrogen (secondary N) is 2. The molecule has 2 N–H and O–H groups in total. The fraction of sp³-hybridized carbons (Fsp3) is 0.136. The molecule has 31 heavy (non-hydrogen) atoms. The quantitative estimate of drug-likeness (QED) is 0.465. The molecule has 1 aromatic heterocycles. The minimum absolute atomic E-state index is 0.0829. The molecule has 7 nitrogen and oxygen atoms in total. The summed E-state index contributed by atoms with van der Waals surface area (Å²) in [4.78, 5) is 43.1. The van der Waals surface area contributed by atoms with Crippen LogP contribution in [0.5, 0.6) is 0 Å². The van der Waals surface area contributed by atoms with E-state index in [1.54, 1.807) is 18.2 Å². The summed E-state index contributed by atoms with van der Waals surface area (Å²) < 4.78 is 0. The van der Waals surface area contributed by atoms with Crippen LogP contribution >= 0.6 is 23.2 Å². The maximum atomic E-state index is 12.8. The maximum Gasteiger partial charge on any atom is 0.258 e. The van der Waals surface area contributed by atoms with Crippen molar-refractivity contribution in [1.82, 2.24) is 15.3 Å². The smallest absolute Gasteiger partial charge is 0.258 e. The summed E-state index contributed by atoms with van der Waals surface area (Å²) in [5, 5.41) is 12.8. The second-order valence-electron chi connectivity index (χ2n) is 6.45. The van der Waals surface area contributed by atoms with E-state index in [1.165, 1.54) is 25.1 Å². The zero-order valence-corrected chi connectivity index (χ0v) is 17.6. The van der Waals surface area contributed by atoms with Gasteiger partial charge in [-0.25, -0.2) is 4.98 Å². The van der Waals surface area contributed by atoms with Gasteiger partial charge >= 0.3 is 0 Å². The van der Waals surface area contributed by atoms with Crippen LogP contribution < -0.4 is 10.9 Å². The zero-order valence-electron chi connectivity index (χ0n) is 16.1. The van der Waals surface area contributed by atoms with Crippen LogP contribution in [-0.2, 0) is 4.79 Å². The van der Waals surface area contributed by atoms with Crippen LogP contribution in [0.4, 0.5) is 0 Å². The standard InChI is InChI=1S/C22H14Cl2N4O3/c1-12(29)26-8-2-3-13-4-7-19-16(9-13)22(31)28-21(27-19)17(11-25)20(30)15-6-5-14(23)10-18(15)24/h4-7,9-10,17H,8H2,1H3,(H,26,29)(H,27,28,31). The topological polar surface area (TPSA) is 116 Å². The third-order valence-corrected chi connectivity index (χ3v) is 4.79. The fourth-order valence-corrected chi connectivity index (χ4v) is 3.28. The lowest BCUT2D eigenvalue weighted by Gasteiger charge is -2.10. The molecule has 3 aromatic rings. The van der Waals surface area contributed by atoms with Gasteiger partial charge in [-0.2, -0.15) is 5.26 Å². The first-order valence-corrected chi connectivity index (χ1v) is 9.72. The Bertz CT molecular complexity index is 1360. The number of carbonyl (C=O) groups is 2. The molecule has 0 bridgehead atoms. The van der Waals surface area contributed by atoms with E-state index in [1.807, 2.05) is 6.07 Å². The number of nitrogens with zero attached hydrogens (tertiary/aromatic N) is 2. The number of benzene rings is 2. The van der Waals surface area contributed by atoms with E-state index >= 15 is 0 Å². The molecule has 0 aliphatic rings. The van der Waals surface area contributed by atoms with Crippen LogP contribution in [0.2, 0.25) is 10.0 Å². The van der Waals surface area contributed by atoms with Crippen molar-refractivity contribution in [2.24, 2.45) is 0 Å². The molecule has 1 atom stereocenters. The van der Waals surface area contributed by atoms with E-state index in [2.05, 4.69) is 27.1 Å². The minimum Gasteiger partial charge on any atom is -0.345 e. The lowest BCUT2D eigenvalue weighted by molar-refractivity contribution is -0.118. The number of halogens is 2. The van der Waals surface area contributed by atoms with Gasteiger partial charge in [0.2, 0.25) is 5.91 Å². The Morgan fingerprint density at radius 3 is 2.68 bits per heavy atom. The van der Waals surface area contributed by atoms with Gasteiger partial charge in [-0.1, -0.05) is 35.0 Å². The van der Waals surface area contributed by atoms with E-state index in [9.17, 15) is 19.6 Å². The number of carbonyl (C=O) groups excluding carboxylic acids is 2.